The van der Waals surface area contributed by atoms with E-state index in [1.165, 1.54) is 11.3 Å². The van der Waals surface area contributed by atoms with Crippen molar-refractivity contribution >= 4 is 41.2 Å². The summed E-state index contributed by atoms with van der Waals surface area (Å²) in [5.41, 5.74) is 6.56. The van der Waals surface area contributed by atoms with Gasteiger partial charge in [-0.05, 0) is 13.0 Å². The van der Waals surface area contributed by atoms with Gasteiger partial charge in [0.05, 0.1) is 16.9 Å². The Morgan fingerprint density at radius 2 is 2.33 bits per heavy atom. The number of hydrogen-bond donors (Lipinski definition) is 2. The van der Waals surface area contributed by atoms with Crippen LogP contribution in [0.1, 0.15) is 21.9 Å². The maximum atomic E-state index is 12.4. The predicted molar refractivity (Wildman–Crippen MR) is 93.6 cm³/mol. The Balaban J connectivity index is 0.00000208. The van der Waals surface area contributed by atoms with E-state index in [1.807, 2.05) is 0 Å². The second-order valence-electron chi connectivity index (χ2n) is 5.34. The highest BCUT2D eigenvalue weighted by Crippen LogP contribution is 2.21. The minimum atomic E-state index is -0.526. The summed E-state index contributed by atoms with van der Waals surface area (Å²) in [7, 11) is 1.80. The quantitative estimate of drug-likeness (QED) is 0.789. The van der Waals surface area contributed by atoms with Crippen molar-refractivity contribution in [2.24, 2.45) is 12.8 Å². The molecule has 0 aromatic carbocycles. The van der Waals surface area contributed by atoms with Gasteiger partial charge in [0, 0.05) is 31.6 Å². The molecule has 1 unspecified atom stereocenters. The van der Waals surface area contributed by atoms with Gasteiger partial charge in [0.15, 0.2) is 0 Å². The van der Waals surface area contributed by atoms with Crippen molar-refractivity contribution in [3.05, 3.63) is 28.5 Å². The number of carbonyl (C=O) groups is 2. The molecule has 0 saturated carbocycles. The lowest BCUT2D eigenvalue weighted by atomic mass is 10.2. The van der Waals surface area contributed by atoms with E-state index in [-0.39, 0.29) is 24.2 Å². The van der Waals surface area contributed by atoms with Gasteiger partial charge >= 0.3 is 0 Å². The summed E-state index contributed by atoms with van der Waals surface area (Å²) in [4.78, 5) is 30.5. The molecular weight excluding hydrogens is 352 g/mol. The molecule has 2 aromatic heterocycles. The molecule has 10 heteroatoms. The van der Waals surface area contributed by atoms with Gasteiger partial charge in [-0.25, -0.2) is 4.98 Å². The number of amides is 2. The van der Waals surface area contributed by atoms with E-state index < -0.39 is 6.04 Å². The zero-order valence-corrected chi connectivity index (χ0v) is 14.8. The molecular formula is C14H19ClN6O2S. The molecule has 1 fully saturated rings. The summed E-state index contributed by atoms with van der Waals surface area (Å²) in [6, 6.07) is -0.526. The molecule has 1 atom stereocenters. The third-order valence-corrected chi connectivity index (χ3v) is 4.56. The molecule has 1 aliphatic heterocycles. The Morgan fingerprint density at radius 1 is 1.54 bits per heavy atom. The van der Waals surface area contributed by atoms with Crippen molar-refractivity contribution in [3.63, 3.8) is 0 Å². The molecule has 2 amide bonds. The Hall–Kier alpha value is -1.97. The van der Waals surface area contributed by atoms with Gasteiger partial charge in [-0.15, -0.1) is 23.7 Å². The number of aromatic nitrogens is 3. The first kappa shape index (κ1) is 18.4. The van der Waals surface area contributed by atoms with Gasteiger partial charge in [0.1, 0.15) is 11.7 Å². The summed E-state index contributed by atoms with van der Waals surface area (Å²) in [5.74, 6) is -0.445. The maximum absolute atomic E-state index is 12.4. The second-order valence-corrected chi connectivity index (χ2v) is 6.28. The van der Waals surface area contributed by atoms with Crippen LogP contribution in [-0.2, 0) is 18.3 Å². The third kappa shape index (κ3) is 3.74. The van der Waals surface area contributed by atoms with Crippen LogP contribution in [0, 0.1) is 0 Å². The highest BCUT2D eigenvalue weighted by atomic mass is 35.5. The van der Waals surface area contributed by atoms with Crippen molar-refractivity contribution < 1.29 is 9.59 Å². The van der Waals surface area contributed by atoms with Crippen molar-refractivity contribution in [1.29, 1.82) is 0 Å². The van der Waals surface area contributed by atoms with E-state index in [1.54, 1.807) is 34.4 Å². The fourth-order valence-electron chi connectivity index (χ4n) is 2.50. The first-order valence-corrected chi connectivity index (χ1v) is 8.22. The largest absolute Gasteiger partial charge is 0.339 e. The van der Waals surface area contributed by atoms with Gasteiger partial charge in [-0.1, -0.05) is 0 Å². The topological polar surface area (TPSA) is 106 Å². The molecule has 130 valence electrons. The molecule has 2 aromatic rings. The number of nitrogens with one attached hydrogen (secondary N) is 1. The van der Waals surface area contributed by atoms with Gasteiger partial charge in [0.2, 0.25) is 5.91 Å². The van der Waals surface area contributed by atoms with Crippen molar-refractivity contribution in [1.82, 2.24) is 20.1 Å². The summed E-state index contributed by atoms with van der Waals surface area (Å²) >= 11 is 1.40. The molecule has 1 saturated heterocycles. The van der Waals surface area contributed by atoms with Crippen LogP contribution in [-0.4, -0.2) is 45.7 Å². The zero-order valence-electron chi connectivity index (χ0n) is 13.1. The van der Waals surface area contributed by atoms with Crippen LogP contribution in [0.4, 0.5) is 5.69 Å². The van der Waals surface area contributed by atoms with E-state index in [0.29, 0.717) is 31.6 Å². The third-order valence-electron chi connectivity index (χ3n) is 3.66. The Labute approximate surface area is 149 Å². The molecule has 0 radical (unpaired) electrons. The summed E-state index contributed by atoms with van der Waals surface area (Å²) in [6.07, 6.45) is 4.64. The van der Waals surface area contributed by atoms with Crippen LogP contribution >= 0.6 is 23.7 Å². The number of nitrogens with two attached hydrogens (primary N) is 1. The zero-order chi connectivity index (χ0) is 16.4. The summed E-state index contributed by atoms with van der Waals surface area (Å²) < 4.78 is 1.64. The average molecular weight is 371 g/mol. The molecule has 24 heavy (non-hydrogen) atoms. The summed E-state index contributed by atoms with van der Waals surface area (Å²) in [5, 5.41) is 9.35. The lowest BCUT2D eigenvalue weighted by molar-refractivity contribution is -0.118. The van der Waals surface area contributed by atoms with Crippen LogP contribution in [0.5, 0.6) is 0 Å². The first-order chi connectivity index (χ1) is 11.1. The molecule has 3 N–H and O–H groups in total. The van der Waals surface area contributed by atoms with Crippen molar-refractivity contribution in [3.8, 4) is 0 Å². The van der Waals surface area contributed by atoms with Crippen LogP contribution in [0.25, 0.3) is 0 Å². The van der Waals surface area contributed by atoms with E-state index in [0.717, 1.165) is 10.7 Å². The van der Waals surface area contributed by atoms with Gasteiger partial charge in [-0.3, -0.25) is 14.3 Å². The molecule has 0 spiro atoms. The fraction of sp³-hybridized carbons (Fsp3) is 0.429. The maximum Gasteiger partial charge on any atom is 0.271 e. The van der Waals surface area contributed by atoms with Crippen molar-refractivity contribution in [2.45, 2.75) is 18.9 Å². The van der Waals surface area contributed by atoms with Gasteiger partial charge < -0.3 is 16.0 Å². The number of halogens is 1. The van der Waals surface area contributed by atoms with E-state index in [4.69, 9.17) is 5.73 Å². The Kier molecular flexibility index (Phi) is 5.92. The highest BCUT2D eigenvalue weighted by molar-refractivity contribution is 7.09. The van der Waals surface area contributed by atoms with Gasteiger partial charge in [0.25, 0.3) is 5.91 Å². The van der Waals surface area contributed by atoms with E-state index in [2.05, 4.69) is 15.4 Å². The van der Waals surface area contributed by atoms with E-state index in [9.17, 15) is 9.59 Å². The summed E-state index contributed by atoms with van der Waals surface area (Å²) in [6.45, 7) is 1.06. The molecule has 3 heterocycles. The number of rotatable bonds is 5. The molecule has 3 rings (SSSR count). The van der Waals surface area contributed by atoms with Crippen molar-refractivity contribution in [2.75, 3.05) is 18.0 Å². The number of hydrogen-bond acceptors (Lipinski definition) is 6. The van der Waals surface area contributed by atoms with Crippen LogP contribution in [0.15, 0.2) is 17.8 Å². The molecule has 8 nitrogen and oxygen atoms in total. The first-order valence-electron chi connectivity index (χ1n) is 7.34. The highest BCUT2D eigenvalue weighted by Gasteiger charge is 2.34. The Bertz CT molecular complexity index is 730. The average Bonchev–Trinajstić information content (AvgIpc) is 3.22. The number of carbonyl (C=O) groups excluding carboxylic acids is 2. The number of aryl methyl sites for hydroxylation is 1. The van der Waals surface area contributed by atoms with E-state index >= 15 is 0 Å². The monoisotopic (exact) mass is 370 g/mol. The lowest BCUT2D eigenvalue weighted by Gasteiger charge is -2.14. The minimum Gasteiger partial charge on any atom is -0.339 e. The molecule has 0 bridgehead atoms. The number of nitrogens with zero attached hydrogens (tertiary/aromatic N) is 4. The fourth-order valence-corrected chi connectivity index (χ4v) is 3.30. The second kappa shape index (κ2) is 7.73. The lowest BCUT2D eigenvalue weighted by Crippen LogP contribution is -2.41. The normalized spacial score (nSPS) is 17.0. The predicted octanol–water partition coefficient (Wildman–Crippen LogP) is 0.335. The van der Waals surface area contributed by atoms with Gasteiger partial charge in [-0.2, -0.15) is 5.10 Å². The SMILES string of the molecule is Cl.Cn1cc(N2CCC(NC(=O)c3csc(CCN)n3)C2=O)cn1. The Morgan fingerprint density at radius 3 is 3.00 bits per heavy atom. The smallest absolute Gasteiger partial charge is 0.271 e. The molecule has 1 aliphatic rings. The standard InChI is InChI=1S/C14H18N6O2S.ClH/c1-19-7-9(6-16-19)20-5-3-10(14(20)22)18-13(21)11-8-23-12(17-11)2-4-15;/h6-8,10H,2-5,15H2,1H3,(H,18,21);1H. The van der Waals surface area contributed by atoms with Crippen LogP contribution < -0.4 is 16.0 Å². The molecule has 0 aliphatic carbocycles. The number of anilines is 1. The minimum absolute atomic E-state index is 0. The number of thiazole rings is 1. The van der Waals surface area contributed by atoms with Crippen LogP contribution in [0.2, 0.25) is 0 Å². The van der Waals surface area contributed by atoms with Crippen LogP contribution in [0.3, 0.4) is 0 Å².